The molecule has 0 saturated carbocycles. The molecular formula is C7H19PS. The van der Waals surface area contributed by atoms with Crippen molar-refractivity contribution >= 4 is 18.7 Å². The third-order valence-corrected chi connectivity index (χ3v) is 6.07. The molecular weight excluding hydrogens is 147 g/mol. The fourth-order valence-electron chi connectivity index (χ4n) is 1.20. The summed E-state index contributed by atoms with van der Waals surface area (Å²) in [6.07, 6.45) is 5.38. The molecule has 0 radical (unpaired) electrons. The molecule has 0 bridgehead atoms. The monoisotopic (exact) mass is 166 g/mol. The zero-order chi connectivity index (χ0) is 7.33. The van der Waals surface area contributed by atoms with E-state index < -0.39 is 6.46 Å². The summed E-state index contributed by atoms with van der Waals surface area (Å²) in [5.41, 5.74) is 0. The van der Waals surface area contributed by atoms with Gasteiger partial charge in [0.2, 0.25) is 0 Å². The van der Waals surface area contributed by atoms with Crippen LogP contribution in [0.25, 0.3) is 0 Å². The molecule has 0 nitrogen and oxygen atoms in total. The van der Waals surface area contributed by atoms with E-state index in [0.717, 1.165) is 0 Å². The van der Waals surface area contributed by atoms with E-state index in [4.69, 9.17) is 0 Å². The number of thiol groups is 1. The first kappa shape index (κ1) is 9.78. The van der Waals surface area contributed by atoms with E-state index in [9.17, 15) is 0 Å². The molecule has 0 N–H and O–H groups in total. The molecule has 0 fully saturated rings. The van der Waals surface area contributed by atoms with Crippen molar-refractivity contribution in [2.75, 3.05) is 19.0 Å². The Balaban J connectivity index is 3.43. The Morgan fingerprint density at radius 2 is 1.44 bits per heavy atom. The summed E-state index contributed by atoms with van der Waals surface area (Å²) in [6.45, 7) is 5.85. The van der Waals surface area contributed by atoms with E-state index in [1.807, 2.05) is 0 Å². The number of hydrogen-bond donors (Lipinski definition) is 1. The molecule has 0 spiro atoms. The summed E-state index contributed by atoms with van der Waals surface area (Å²) in [6, 6.07) is 0. The van der Waals surface area contributed by atoms with Crippen LogP contribution in [-0.2, 0) is 0 Å². The topological polar surface area (TPSA) is 0 Å². The van der Waals surface area contributed by atoms with Crippen LogP contribution in [0.4, 0.5) is 0 Å². The first-order valence-corrected chi connectivity index (χ1v) is 8.05. The van der Waals surface area contributed by atoms with Crippen molar-refractivity contribution < 1.29 is 0 Å². The van der Waals surface area contributed by atoms with Gasteiger partial charge < -0.3 is 0 Å². The summed E-state index contributed by atoms with van der Waals surface area (Å²) in [7, 11) is 0. The minimum atomic E-state index is -1.01. The average molecular weight is 166 g/mol. The van der Waals surface area contributed by atoms with Crippen molar-refractivity contribution in [3.8, 4) is 0 Å². The van der Waals surface area contributed by atoms with Crippen molar-refractivity contribution in [1.82, 2.24) is 0 Å². The Bertz CT molecular complexity index is 63.3. The molecule has 0 aliphatic heterocycles. The molecule has 0 aliphatic rings. The van der Waals surface area contributed by atoms with E-state index in [1.54, 1.807) is 0 Å². The van der Waals surface area contributed by atoms with Gasteiger partial charge >= 0.3 is 64.4 Å². The second kappa shape index (κ2) is 4.57. The van der Waals surface area contributed by atoms with Crippen LogP contribution in [0, 0.1) is 0 Å². The van der Waals surface area contributed by atoms with Crippen LogP contribution in [0.3, 0.4) is 0 Å². The van der Waals surface area contributed by atoms with Gasteiger partial charge in [0.1, 0.15) is 0 Å². The molecule has 58 valence electrons. The second-order valence-corrected chi connectivity index (χ2v) is 10.2. The summed E-state index contributed by atoms with van der Waals surface area (Å²) in [4.78, 5) is 0. The van der Waals surface area contributed by atoms with Crippen LogP contribution >= 0.6 is 18.7 Å². The molecule has 0 aromatic carbocycles. The van der Waals surface area contributed by atoms with Gasteiger partial charge in [-0.1, -0.05) is 0 Å². The molecule has 9 heavy (non-hydrogen) atoms. The standard InChI is InChI=1S/C7H19PS/c1-4-6-8(3,9)7-5-2/h8-9H,4-7H2,1-3H3. The minimum absolute atomic E-state index is 1.01. The second-order valence-electron chi connectivity index (χ2n) is 3.00. The van der Waals surface area contributed by atoms with Crippen molar-refractivity contribution in [2.24, 2.45) is 0 Å². The Kier molecular flexibility index (Phi) is 4.97. The summed E-state index contributed by atoms with van der Waals surface area (Å²) in [5, 5.41) is 0. The van der Waals surface area contributed by atoms with Gasteiger partial charge in [0, 0.05) is 0 Å². The van der Waals surface area contributed by atoms with E-state index in [2.05, 4.69) is 32.8 Å². The number of hydrogen-bond acceptors (Lipinski definition) is 1. The molecule has 0 unspecified atom stereocenters. The molecule has 0 rings (SSSR count). The Labute approximate surface area is 64.9 Å². The van der Waals surface area contributed by atoms with Crippen molar-refractivity contribution in [3.63, 3.8) is 0 Å². The average Bonchev–Trinajstić information content (AvgIpc) is 1.64. The first-order valence-electron chi connectivity index (χ1n) is 3.84. The molecule has 0 heterocycles. The van der Waals surface area contributed by atoms with Crippen molar-refractivity contribution in [3.05, 3.63) is 0 Å². The summed E-state index contributed by atoms with van der Waals surface area (Å²) >= 11 is 4.69. The van der Waals surface area contributed by atoms with Gasteiger partial charge in [0.25, 0.3) is 0 Å². The number of rotatable bonds is 4. The summed E-state index contributed by atoms with van der Waals surface area (Å²) < 4.78 is 0. The van der Waals surface area contributed by atoms with Crippen molar-refractivity contribution in [2.45, 2.75) is 26.7 Å². The predicted molar refractivity (Wildman–Crippen MR) is 53.5 cm³/mol. The van der Waals surface area contributed by atoms with E-state index in [0.29, 0.717) is 0 Å². The molecule has 0 aliphatic carbocycles. The zero-order valence-electron chi connectivity index (χ0n) is 6.78. The van der Waals surface area contributed by atoms with Gasteiger partial charge in [-0.3, -0.25) is 0 Å². The van der Waals surface area contributed by atoms with E-state index in [1.165, 1.54) is 25.2 Å². The molecule has 0 atom stereocenters. The zero-order valence-corrected chi connectivity index (χ0v) is 8.67. The third kappa shape index (κ3) is 5.24. The van der Waals surface area contributed by atoms with Crippen LogP contribution in [0.2, 0.25) is 0 Å². The predicted octanol–water partition coefficient (Wildman–Crippen LogP) is 3.03. The van der Waals surface area contributed by atoms with E-state index in [-0.39, 0.29) is 0 Å². The quantitative estimate of drug-likeness (QED) is 0.481. The molecule has 0 aromatic heterocycles. The maximum absolute atomic E-state index is 4.69. The van der Waals surface area contributed by atoms with Gasteiger partial charge in [-0.15, -0.1) is 0 Å². The van der Waals surface area contributed by atoms with Crippen LogP contribution in [0.15, 0.2) is 0 Å². The fourth-order valence-corrected chi connectivity index (χ4v) is 4.95. The van der Waals surface area contributed by atoms with Crippen LogP contribution in [0.1, 0.15) is 26.7 Å². The summed E-state index contributed by atoms with van der Waals surface area (Å²) in [5.74, 6) is 0. The van der Waals surface area contributed by atoms with Crippen LogP contribution in [0.5, 0.6) is 0 Å². The van der Waals surface area contributed by atoms with Gasteiger partial charge in [-0.2, -0.15) is 0 Å². The Morgan fingerprint density at radius 1 is 1.11 bits per heavy atom. The first-order chi connectivity index (χ1) is 4.12. The van der Waals surface area contributed by atoms with Gasteiger partial charge in [0.15, 0.2) is 0 Å². The van der Waals surface area contributed by atoms with Crippen LogP contribution in [-0.4, -0.2) is 19.0 Å². The molecule has 0 amide bonds. The van der Waals surface area contributed by atoms with Crippen molar-refractivity contribution in [1.29, 1.82) is 0 Å². The normalized spacial score (nSPS) is 13.8. The van der Waals surface area contributed by atoms with Gasteiger partial charge in [-0.05, 0) is 0 Å². The van der Waals surface area contributed by atoms with Gasteiger partial charge in [0.05, 0.1) is 0 Å². The SMILES string of the molecule is CCC[PH](C)(S)CCC. The fraction of sp³-hybridized carbons (Fsp3) is 1.00. The Morgan fingerprint density at radius 3 is 1.67 bits per heavy atom. The van der Waals surface area contributed by atoms with E-state index >= 15 is 0 Å². The third-order valence-electron chi connectivity index (χ3n) is 1.58. The molecule has 0 aromatic rings. The Hall–Kier alpha value is 0.780. The molecule has 0 saturated heterocycles. The van der Waals surface area contributed by atoms with Gasteiger partial charge in [-0.25, -0.2) is 0 Å². The molecule has 2 heteroatoms. The maximum atomic E-state index is 4.69. The van der Waals surface area contributed by atoms with Crippen LogP contribution < -0.4 is 0 Å².